The van der Waals surface area contributed by atoms with Gasteiger partial charge in [-0.3, -0.25) is 4.99 Å². The van der Waals surface area contributed by atoms with E-state index in [0.717, 1.165) is 50.1 Å². The Hall–Kier alpha value is -1.12. The van der Waals surface area contributed by atoms with Gasteiger partial charge in [-0.05, 0) is 19.3 Å². The third-order valence-electron chi connectivity index (χ3n) is 3.42. The highest BCUT2D eigenvalue weighted by Gasteiger charge is 2.21. The molecule has 1 atom stereocenters. The molecule has 2 N–H and O–H groups in total. The number of aromatic nitrogens is 3. The van der Waals surface area contributed by atoms with Gasteiger partial charge >= 0.3 is 0 Å². The smallest absolute Gasteiger partial charge is 0.191 e. The molecule has 20 heavy (non-hydrogen) atoms. The number of guanidine groups is 1. The summed E-state index contributed by atoms with van der Waals surface area (Å²) in [5.74, 6) is 3.53. The van der Waals surface area contributed by atoms with Gasteiger partial charge in [0.25, 0.3) is 0 Å². The summed E-state index contributed by atoms with van der Waals surface area (Å²) < 4.78 is 2.22. The van der Waals surface area contributed by atoms with Crippen LogP contribution in [0.1, 0.15) is 18.1 Å². The maximum absolute atomic E-state index is 4.19. The number of halogens is 1. The van der Waals surface area contributed by atoms with Gasteiger partial charge in [-0.15, -0.1) is 40.8 Å². The van der Waals surface area contributed by atoms with Crippen LogP contribution in [0.3, 0.4) is 0 Å². The zero-order valence-electron chi connectivity index (χ0n) is 12.1. The van der Waals surface area contributed by atoms with E-state index in [-0.39, 0.29) is 24.0 Å². The number of fused-ring (bicyclic) bond motifs is 1. The van der Waals surface area contributed by atoms with Crippen LogP contribution < -0.4 is 10.6 Å². The van der Waals surface area contributed by atoms with Crippen LogP contribution in [-0.2, 0) is 13.0 Å². The zero-order chi connectivity index (χ0) is 13.7. The summed E-state index contributed by atoms with van der Waals surface area (Å²) in [5, 5.41) is 14.8. The number of aryl methyl sites for hydroxylation is 2. The van der Waals surface area contributed by atoms with Crippen LogP contribution in [0, 0.1) is 12.8 Å². The summed E-state index contributed by atoms with van der Waals surface area (Å²) in [6.45, 7) is 8.31. The van der Waals surface area contributed by atoms with Crippen molar-refractivity contribution in [3.05, 3.63) is 24.3 Å². The van der Waals surface area contributed by atoms with Crippen LogP contribution in [0.15, 0.2) is 17.6 Å². The summed E-state index contributed by atoms with van der Waals surface area (Å²) in [7, 11) is 1.78. The van der Waals surface area contributed by atoms with E-state index in [1.54, 1.807) is 7.05 Å². The number of aliphatic imine (C=N–C) groups is 1. The topological polar surface area (TPSA) is 67.1 Å². The molecule has 1 aromatic heterocycles. The van der Waals surface area contributed by atoms with Crippen molar-refractivity contribution >= 4 is 29.9 Å². The largest absolute Gasteiger partial charge is 0.356 e. The Morgan fingerprint density at radius 2 is 2.30 bits per heavy atom. The van der Waals surface area contributed by atoms with E-state index in [1.807, 2.05) is 13.0 Å². The molecular formula is C13H23IN6. The average molecular weight is 390 g/mol. The molecule has 0 amide bonds. The second-order valence-electron chi connectivity index (χ2n) is 4.80. The Labute approximate surface area is 137 Å². The molecule has 0 saturated heterocycles. The first-order chi connectivity index (χ1) is 9.24. The second kappa shape index (κ2) is 8.23. The Morgan fingerprint density at radius 1 is 1.50 bits per heavy atom. The van der Waals surface area contributed by atoms with Gasteiger partial charge in [0.05, 0.1) is 0 Å². The summed E-state index contributed by atoms with van der Waals surface area (Å²) in [5.41, 5.74) is 0. The SMILES string of the molecule is C=CCNC(=NC)NCC1CCc2nnc(C)n2C1.I. The quantitative estimate of drug-likeness (QED) is 0.350. The van der Waals surface area contributed by atoms with E-state index in [1.165, 1.54) is 0 Å². The first-order valence-corrected chi connectivity index (χ1v) is 6.68. The minimum absolute atomic E-state index is 0. The van der Waals surface area contributed by atoms with E-state index in [4.69, 9.17) is 0 Å². The van der Waals surface area contributed by atoms with Gasteiger partial charge in [-0.2, -0.15) is 0 Å². The fourth-order valence-corrected chi connectivity index (χ4v) is 2.33. The highest BCUT2D eigenvalue weighted by Crippen LogP contribution is 2.18. The summed E-state index contributed by atoms with van der Waals surface area (Å²) in [6.07, 6.45) is 3.97. The maximum atomic E-state index is 4.19. The molecule has 112 valence electrons. The minimum atomic E-state index is 0. The molecule has 0 aliphatic carbocycles. The fraction of sp³-hybridized carbons (Fsp3) is 0.615. The summed E-state index contributed by atoms with van der Waals surface area (Å²) in [4.78, 5) is 4.18. The Kier molecular flexibility index (Phi) is 6.97. The lowest BCUT2D eigenvalue weighted by Gasteiger charge is -2.24. The van der Waals surface area contributed by atoms with Crippen molar-refractivity contribution in [1.82, 2.24) is 25.4 Å². The van der Waals surface area contributed by atoms with Crippen molar-refractivity contribution < 1.29 is 0 Å². The Bertz CT molecular complexity index is 467. The molecule has 0 aromatic carbocycles. The molecule has 2 heterocycles. The standard InChI is InChI=1S/C13H22N6.HI/c1-4-7-15-13(14-3)16-8-11-5-6-12-18-17-10(2)19(12)9-11;/h4,11H,1,5-9H2,2-3H3,(H2,14,15,16);1H. The minimum Gasteiger partial charge on any atom is -0.356 e. The molecule has 2 rings (SSSR count). The highest BCUT2D eigenvalue weighted by atomic mass is 127. The molecule has 0 fully saturated rings. The molecule has 1 aliphatic rings. The highest BCUT2D eigenvalue weighted by molar-refractivity contribution is 14.0. The van der Waals surface area contributed by atoms with Crippen molar-refractivity contribution in [3.63, 3.8) is 0 Å². The number of nitrogens with one attached hydrogen (secondary N) is 2. The number of nitrogens with zero attached hydrogens (tertiary/aromatic N) is 4. The summed E-state index contributed by atoms with van der Waals surface area (Å²) >= 11 is 0. The van der Waals surface area contributed by atoms with Crippen molar-refractivity contribution in [2.24, 2.45) is 10.9 Å². The molecule has 1 unspecified atom stereocenters. The summed E-state index contributed by atoms with van der Waals surface area (Å²) in [6, 6.07) is 0. The monoisotopic (exact) mass is 390 g/mol. The lowest BCUT2D eigenvalue weighted by molar-refractivity contribution is 0.358. The van der Waals surface area contributed by atoms with Crippen molar-refractivity contribution in [2.75, 3.05) is 20.1 Å². The third-order valence-corrected chi connectivity index (χ3v) is 3.42. The third kappa shape index (κ3) is 4.19. The van der Waals surface area contributed by atoms with Gasteiger partial charge in [0, 0.05) is 33.1 Å². The molecule has 0 bridgehead atoms. The molecule has 7 heteroatoms. The molecule has 0 saturated carbocycles. The second-order valence-corrected chi connectivity index (χ2v) is 4.80. The molecule has 1 aromatic rings. The lowest BCUT2D eigenvalue weighted by Crippen LogP contribution is -2.41. The van der Waals surface area contributed by atoms with Crippen LogP contribution in [-0.4, -0.2) is 40.9 Å². The average Bonchev–Trinajstić information content (AvgIpc) is 2.80. The van der Waals surface area contributed by atoms with Gasteiger partial charge in [-0.1, -0.05) is 6.08 Å². The Balaban J connectivity index is 0.00000200. The van der Waals surface area contributed by atoms with Crippen LogP contribution >= 0.6 is 24.0 Å². The molecule has 0 spiro atoms. The van der Waals surface area contributed by atoms with E-state index >= 15 is 0 Å². The molecular weight excluding hydrogens is 367 g/mol. The lowest BCUT2D eigenvalue weighted by atomic mass is 9.99. The van der Waals surface area contributed by atoms with Crippen molar-refractivity contribution in [3.8, 4) is 0 Å². The van der Waals surface area contributed by atoms with Crippen LogP contribution in [0.4, 0.5) is 0 Å². The van der Waals surface area contributed by atoms with Crippen molar-refractivity contribution in [1.29, 1.82) is 0 Å². The predicted octanol–water partition coefficient (Wildman–Crippen LogP) is 1.12. The van der Waals surface area contributed by atoms with E-state index < -0.39 is 0 Å². The van der Waals surface area contributed by atoms with Crippen LogP contribution in [0.2, 0.25) is 0 Å². The molecule has 1 aliphatic heterocycles. The first kappa shape index (κ1) is 16.9. The van der Waals surface area contributed by atoms with E-state index in [9.17, 15) is 0 Å². The first-order valence-electron chi connectivity index (χ1n) is 6.68. The van der Waals surface area contributed by atoms with Crippen LogP contribution in [0.5, 0.6) is 0 Å². The Morgan fingerprint density at radius 3 is 3.00 bits per heavy atom. The van der Waals surface area contributed by atoms with Gasteiger partial charge < -0.3 is 15.2 Å². The normalized spacial score (nSPS) is 17.9. The van der Waals surface area contributed by atoms with Crippen LogP contribution in [0.25, 0.3) is 0 Å². The van der Waals surface area contributed by atoms with E-state index in [0.29, 0.717) is 5.92 Å². The van der Waals surface area contributed by atoms with Gasteiger partial charge in [0.2, 0.25) is 0 Å². The number of hydrogen-bond donors (Lipinski definition) is 2. The number of hydrogen-bond acceptors (Lipinski definition) is 3. The van der Waals surface area contributed by atoms with Gasteiger partial charge in [0.1, 0.15) is 11.6 Å². The maximum Gasteiger partial charge on any atom is 0.191 e. The van der Waals surface area contributed by atoms with E-state index in [2.05, 4.69) is 37.0 Å². The fourth-order valence-electron chi connectivity index (χ4n) is 2.33. The zero-order valence-corrected chi connectivity index (χ0v) is 14.4. The molecule has 6 nitrogen and oxygen atoms in total. The van der Waals surface area contributed by atoms with Gasteiger partial charge in [-0.25, -0.2) is 0 Å². The van der Waals surface area contributed by atoms with Gasteiger partial charge in [0.15, 0.2) is 5.96 Å². The molecule has 0 radical (unpaired) electrons. The van der Waals surface area contributed by atoms with Crippen molar-refractivity contribution in [2.45, 2.75) is 26.3 Å². The number of rotatable bonds is 4. The predicted molar refractivity (Wildman–Crippen MR) is 91.5 cm³/mol.